The van der Waals surface area contributed by atoms with Crippen LogP contribution in [0.1, 0.15) is 43.4 Å². The Balaban J connectivity index is 1.46. The number of phenolic OH excluding ortho intramolecular Hbond substituents is 1. The van der Waals surface area contributed by atoms with E-state index in [4.69, 9.17) is 9.47 Å². The van der Waals surface area contributed by atoms with Gasteiger partial charge in [-0.2, -0.15) is 0 Å². The van der Waals surface area contributed by atoms with Gasteiger partial charge in [0.15, 0.2) is 0 Å². The maximum Gasteiger partial charge on any atom is 0.407 e. The highest BCUT2D eigenvalue weighted by Gasteiger charge is 2.31. The number of phenols is 1. The molecule has 4 rings (SSSR count). The molecule has 0 saturated heterocycles. The Hall–Kier alpha value is -3.80. The highest BCUT2D eigenvalue weighted by Crippen LogP contribution is 2.44. The minimum Gasteiger partial charge on any atom is -0.508 e. The maximum absolute atomic E-state index is 12.8. The Kier molecular flexibility index (Phi) is 6.59. The van der Waals surface area contributed by atoms with Crippen molar-refractivity contribution in [2.75, 3.05) is 6.61 Å². The molecule has 3 aromatic rings. The van der Waals surface area contributed by atoms with Gasteiger partial charge in [0.2, 0.25) is 0 Å². The van der Waals surface area contributed by atoms with E-state index < -0.39 is 23.7 Å². The summed E-state index contributed by atoms with van der Waals surface area (Å²) in [7, 11) is 0. The number of hydrogen-bond acceptors (Lipinski definition) is 5. The summed E-state index contributed by atoms with van der Waals surface area (Å²) in [6.07, 6.45) is -0.476. The lowest BCUT2D eigenvalue weighted by molar-refractivity contribution is -0.157. The van der Waals surface area contributed by atoms with Gasteiger partial charge in [-0.1, -0.05) is 60.7 Å². The monoisotopic (exact) mass is 459 g/mol. The number of rotatable bonds is 6. The van der Waals surface area contributed by atoms with Crippen LogP contribution in [-0.2, 0) is 20.7 Å². The van der Waals surface area contributed by atoms with Crippen LogP contribution < -0.4 is 5.32 Å². The molecule has 2 N–H and O–H groups in total. The first-order valence-corrected chi connectivity index (χ1v) is 11.3. The Labute approximate surface area is 199 Å². The molecule has 1 atom stereocenters. The molecule has 0 radical (unpaired) electrons. The zero-order chi connectivity index (χ0) is 24.3. The minimum absolute atomic E-state index is 0.0739. The standard InChI is InChI=1S/C28H29NO5/c1-28(2,3)34-26(31)25(16-18-12-14-19(30)15-13-18)29-27(32)33-17-24-22-10-6-4-8-20(22)21-9-5-7-11-23(21)24/h4-15,24-25,30H,16-17H2,1-3H3,(H,29,32)/t25-/m1/s1. The number of nitrogens with one attached hydrogen (secondary N) is 1. The molecule has 0 aliphatic heterocycles. The average Bonchev–Trinajstić information content (AvgIpc) is 3.11. The van der Waals surface area contributed by atoms with Crippen molar-refractivity contribution in [3.8, 4) is 16.9 Å². The van der Waals surface area contributed by atoms with E-state index in [1.54, 1.807) is 32.9 Å². The molecule has 6 nitrogen and oxygen atoms in total. The normalized spacial score (nSPS) is 13.5. The van der Waals surface area contributed by atoms with E-state index in [9.17, 15) is 14.7 Å². The van der Waals surface area contributed by atoms with E-state index >= 15 is 0 Å². The molecule has 0 bridgehead atoms. The van der Waals surface area contributed by atoms with Crippen LogP contribution in [0.25, 0.3) is 11.1 Å². The second-order valence-electron chi connectivity index (χ2n) is 9.43. The fraction of sp³-hybridized carbons (Fsp3) is 0.286. The molecule has 3 aromatic carbocycles. The summed E-state index contributed by atoms with van der Waals surface area (Å²) in [5.74, 6) is -0.494. The summed E-state index contributed by atoms with van der Waals surface area (Å²) in [5, 5.41) is 12.2. The lowest BCUT2D eigenvalue weighted by Crippen LogP contribution is -2.46. The van der Waals surface area contributed by atoms with E-state index in [2.05, 4.69) is 29.6 Å². The predicted molar refractivity (Wildman–Crippen MR) is 130 cm³/mol. The number of carbonyl (C=O) groups excluding carboxylic acids is 2. The van der Waals surface area contributed by atoms with Crippen molar-refractivity contribution in [3.63, 3.8) is 0 Å². The second-order valence-corrected chi connectivity index (χ2v) is 9.43. The number of hydrogen-bond donors (Lipinski definition) is 2. The van der Waals surface area contributed by atoms with Crippen LogP contribution in [0.5, 0.6) is 5.75 Å². The van der Waals surface area contributed by atoms with Gasteiger partial charge < -0.3 is 19.9 Å². The molecule has 1 aliphatic carbocycles. The quantitative estimate of drug-likeness (QED) is 0.496. The molecule has 0 unspecified atom stereocenters. The molecular weight excluding hydrogens is 430 g/mol. The zero-order valence-corrected chi connectivity index (χ0v) is 19.6. The van der Waals surface area contributed by atoms with Crippen LogP contribution >= 0.6 is 0 Å². The van der Waals surface area contributed by atoms with Crippen LogP contribution in [0.15, 0.2) is 72.8 Å². The Bertz CT molecular complexity index is 1130. The first-order chi connectivity index (χ1) is 16.2. The highest BCUT2D eigenvalue weighted by molar-refractivity contribution is 5.82. The number of ether oxygens (including phenoxy) is 2. The van der Waals surface area contributed by atoms with E-state index in [1.165, 1.54) is 12.1 Å². The van der Waals surface area contributed by atoms with Crippen molar-refractivity contribution < 1.29 is 24.2 Å². The first kappa shape index (κ1) is 23.4. The van der Waals surface area contributed by atoms with Crippen molar-refractivity contribution in [3.05, 3.63) is 89.5 Å². The van der Waals surface area contributed by atoms with Gasteiger partial charge in [-0.3, -0.25) is 0 Å². The fourth-order valence-corrected chi connectivity index (χ4v) is 4.22. The predicted octanol–water partition coefficient (Wildman–Crippen LogP) is 5.18. The van der Waals surface area contributed by atoms with Crippen LogP contribution in [0.3, 0.4) is 0 Å². The molecule has 0 saturated carbocycles. The van der Waals surface area contributed by atoms with Crippen molar-refractivity contribution in [2.24, 2.45) is 0 Å². The van der Waals surface area contributed by atoms with Gasteiger partial charge in [0, 0.05) is 12.3 Å². The molecular formula is C28H29NO5. The molecule has 0 spiro atoms. The van der Waals surface area contributed by atoms with Crippen LogP contribution in [0.4, 0.5) is 4.79 Å². The molecule has 0 aromatic heterocycles. The summed E-state index contributed by atoms with van der Waals surface area (Å²) in [5.41, 5.74) is 4.59. The summed E-state index contributed by atoms with van der Waals surface area (Å²) in [6.45, 7) is 5.47. The van der Waals surface area contributed by atoms with Crippen LogP contribution in [0, 0.1) is 0 Å². The number of amides is 1. The molecule has 6 heteroatoms. The number of carbonyl (C=O) groups is 2. The first-order valence-electron chi connectivity index (χ1n) is 11.3. The topological polar surface area (TPSA) is 84.9 Å². The van der Waals surface area contributed by atoms with Gasteiger partial charge >= 0.3 is 12.1 Å². The Morgan fingerprint density at radius 3 is 2.03 bits per heavy atom. The Morgan fingerprint density at radius 1 is 0.912 bits per heavy atom. The highest BCUT2D eigenvalue weighted by atomic mass is 16.6. The molecule has 0 fully saturated rings. The van der Waals surface area contributed by atoms with E-state index in [1.807, 2.05) is 24.3 Å². The van der Waals surface area contributed by atoms with Crippen LogP contribution in [0.2, 0.25) is 0 Å². The molecule has 0 heterocycles. The zero-order valence-electron chi connectivity index (χ0n) is 19.6. The van der Waals surface area contributed by atoms with E-state index in [0.29, 0.717) is 0 Å². The van der Waals surface area contributed by atoms with Gasteiger partial charge in [-0.25, -0.2) is 9.59 Å². The van der Waals surface area contributed by atoms with Crippen LogP contribution in [-0.4, -0.2) is 35.4 Å². The molecule has 176 valence electrons. The van der Waals surface area contributed by atoms with Crippen molar-refractivity contribution in [1.82, 2.24) is 5.32 Å². The van der Waals surface area contributed by atoms with E-state index in [-0.39, 0.29) is 24.7 Å². The third kappa shape index (κ3) is 5.39. The lowest BCUT2D eigenvalue weighted by Gasteiger charge is -2.25. The summed E-state index contributed by atoms with van der Waals surface area (Å²) in [6, 6.07) is 21.8. The van der Waals surface area contributed by atoms with Crippen molar-refractivity contribution in [1.29, 1.82) is 0 Å². The molecule has 34 heavy (non-hydrogen) atoms. The third-order valence-electron chi connectivity index (χ3n) is 5.70. The SMILES string of the molecule is CC(C)(C)OC(=O)[C@@H](Cc1ccc(O)cc1)NC(=O)OCC1c2ccccc2-c2ccccc21. The second kappa shape index (κ2) is 9.59. The molecule has 1 amide bonds. The number of aromatic hydroxyl groups is 1. The van der Waals surface area contributed by atoms with Gasteiger partial charge in [-0.15, -0.1) is 0 Å². The maximum atomic E-state index is 12.8. The minimum atomic E-state index is -0.931. The van der Waals surface area contributed by atoms with Gasteiger partial charge in [0.25, 0.3) is 0 Å². The summed E-state index contributed by atoms with van der Waals surface area (Å²) >= 11 is 0. The summed E-state index contributed by atoms with van der Waals surface area (Å²) < 4.78 is 11.1. The van der Waals surface area contributed by atoms with Crippen molar-refractivity contribution in [2.45, 2.75) is 44.8 Å². The summed E-state index contributed by atoms with van der Waals surface area (Å²) in [4.78, 5) is 25.6. The largest absolute Gasteiger partial charge is 0.508 e. The number of alkyl carbamates (subject to hydrolysis) is 1. The number of benzene rings is 3. The van der Waals surface area contributed by atoms with E-state index in [0.717, 1.165) is 27.8 Å². The smallest absolute Gasteiger partial charge is 0.407 e. The average molecular weight is 460 g/mol. The van der Waals surface area contributed by atoms with Crippen molar-refractivity contribution >= 4 is 12.1 Å². The van der Waals surface area contributed by atoms with Gasteiger partial charge in [0.05, 0.1) is 0 Å². The molecule has 1 aliphatic rings. The van der Waals surface area contributed by atoms with Gasteiger partial charge in [0.1, 0.15) is 24.0 Å². The lowest BCUT2D eigenvalue weighted by atomic mass is 9.98. The number of esters is 1. The third-order valence-corrected chi connectivity index (χ3v) is 5.70. The van der Waals surface area contributed by atoms with Gasteiger partial charge in [-0.05, 0) is 60.7 Å². The fourth-order valence-electron chi connectivity index (χ4n) is 4.22. The number of fused-ring (bicyclic) bond motifs is 3. The Morgan fingerprint density at radius 2 is 1.47 bits per heavy atom.